The Bertz CT molecular complexity index is 688. The zero-order valence-electron chi connectivity index (χ0n) is 14.6. The Kier molecular flexibility index (Phi) is 6.19. The summed E-state index contributed by atoms with van der Waals surface area (Å²) in [6, 6.07) is 7.16. The summed E-state index contributed by atoms with van der Waals surface area (Å²) >= 11 is 1.39. The third-order valence-electron chi connectivity index (χ3n) is 5.06. The van der Waals surface area contributed by atoms with Gasteiger partial charge in [0, 0.05) is 24.0 Å². The fraction of sp³-hybridized carbons (Fsp3) is 0.526. The number of rotatable bonds is 6. The van der Waals surface area contributed by atoms with Crippen LogP contribution in [-0.4, -0.2) is 52.7 Å². The van der Waals surface area contributed by atoms with E-state index in [0.29, 0.717) is 30.6 Å². The van der Waals surface area contributed by atoms with E-state index >= 15 is 0 Å². The molecule has 2 N–H and O–H groups in total. The van der Waals surface area contributed by atoms with E-state index in [1.807, 2.05) is 17.0 Å². The number of nitrogens with zero attached hydrogens (tertiary/aromatic N) is 1. The highest BCUT2D eigenvalue weighted by Crippen LogP contribution is 2.27. The predicted molar refractivity (Wildman–Crippen MR) is 99.2 cm³/mol. The standard InChI is InChI=1S/C19H24N2O4S/c22-17(21-9-3-4-10-21)12-26-16-6-2-1-5-15(16)18(23)20-14-8-7-13(11-14)19(24)25/h1-2,5-6,13-14H,3-4,7-12H2,(H,20,23)(H,24,25)/t13-,14+/m0/s1. The van der Waals surface area contributed by atoms with Gasteiger partial charge >= 0.3 is 5.97 Å². The van der Waals surface area contributed by atoms with Crippen LogP contribution in [0, 0.1) is 5.92 Å². The highest BCUT2D eigenvalue weighted by molar-refractivity contribution is 8.00. The number of carbonyl (C=O) groups excluding carboxylic acids is 2. The van der Waals surface area contributed by atoms with E-state index in [4.69, 9.17) is 5.11 Å². The summed E-state index contributed by atoms with van der Waals surface area (Å²) in [7, 11) is 0. The monoisotopic (exact) mass is 376 g/mol. The zero-order valence-corrected chi connectivity index (χ0v) is 15.5. The molecule has 1 saturated heterocycles. The highest BCUT2D eigenvalue weighted by Gasteiger charge is 2.31. The Morgan fingerprint density at radius 3 is 2.58 bits per heavy atom. The molecule has 2 aliphatic rings. The van der Waals surface area contributed by atoms with Gasteiger partial charge in [0.2, 0.25) is 5.91 Å². The maximum atomic E-state index is 12.6. The zero-order chi connectivity index (χ0) is 18.5. The number of carboxylic acids is 1. The second-order valence-electron chi connectivity index (χ2n) is 6.89. The number of amides is 2. The lowest BCUT2D eigenvalue weighted by Gasteiger charge is -2.16. The van der Waals surface area contributed by atoms with Crippen molar-refractivity contribution in [1.29, 1.82) is 0 Å². The van der Waals surface area contributed by atoms with Gasteiger partial charge in [-0.05, 0) is 44.2 Å². The lowest BCUT2D eigenvalue weighted by atomic mass is 10.1. The quantitative estimate of drug-likeness (QED) is 0.745. The van der Waals surface area contributed by atoms with Crippen LogP contribution in [0.4, 0.5) is 0 Å². The van der Waals surface area contributed by atoms with Crippen LogP contribution in [0.15, 0.2) is 29.2 Å². The first-order valence-electron chi connectivity index (χ1n) is 9.08. The van der Waals surface area contributed by atoms with Crippen LogP contribution < -0.4 is 5.32 Å². The van der Waals surface area contributed by atoms with Crippen LogP contribution in [0.2, 0.25) is 0 Å². The first-order chi connectivity index (χ1) is 12.5. The van der Waals surface area contributed by atoms with Crippen molar-refractivity contribution >= 4 is 29.5 Å². The molecule has 1 aromatic rings. The van der Waals surface area contributed by atoms with Gasteiger partial charge in [0.05, 0.1) is 17.2 Å². The number of hydrogen-bond donors (Lipinski definition) is 2. The average Bonchev–Trinajstić information content (AvgIpc) is 3.31. The molecule has 0 aromatic heterocycles. The molecule has 1 aliphatic heterocycles. The van der Waals surface area contributed by atoms with Crippen molar-refractivity contribution in [1.82, 2.24) is 10.2 Å². The van der Waals surface area contributed by atoms with Crippen molar-refractivity contribution in [2.24, 2.45) is 5.92 Å². The number of likely N-dealkylation sites (tertiary alicyclic amines) is 1. The van der Waals surface area contributed by atoms with Crippen LogP contribution in [0.3, 0.4) is 0 Å². The van der Waals surface area contributed by atoms with Crippen LogP contribution in [0.25, 0.3) is 0 Å². The van der Waals surface area contributed by atoms with Gasteiger partial charge in [0.25, 0.3) is 5.91 Å². The topological polar surface area (TPSA) is 86.7 Å². The Morgan fingerprint density at radius 1 is 1.15 bits per heavy atom. The minimum absolute atomic E-state index is 0.104. The van der Waals surface area contributed by atoms with Gasteiger partial charge in [0.15, 0.2) is 0 Å². The summed E-state index contributed by atoms with van der Waals surface area (Å²) in [5.74, 6) is -0.920. The second kappa shape index (κ2) is 8.58. The van der Waals surface area contributed by atoms with E-state index in [-0.39, 0.29) is 23.8 Å². The fourth-order valence-electron chi connectivity index (χ4n) is 3.58. The smallest absolute Gasteiger partial charge is 0.306 e. The normalized spacial score (nSPS) is 22.4. The Labute approximate surface area is 157 Å². The maximum absolute atomic E-state index is 12.6. The van der Waals surface area contributed by atoms with Gasteiger partial charge in [-0.1, -0.05) is 12.1 Å². The molecule has 1 saturated carbocycles. The van der Waals surface area contributed by atoms with Gasteiger partial charge in [-0.3, -0.25) is 14.4 Å². The van der Waals surface area contributed by atoms with E-state index in [0.717, 1.165) is 30.8 Å². The number of carbonyl (C=O) groups is 3. The van der Waals surface area contributed by atoms with E-state index in [9.17, 15) is 14.4 Å². The molecule has 1 aliphatic carbocycles. The molecule has 0 spiro atoms. The number of carboxylic acid groups (broad SMARTS) is 1. The molecule has 2 atom stereocenters. The van der Waals surface area contributed by atoms with E-state index in [2.05, 4.69) is 5.32 Å². The third kappa shape index (κ3) is 4.58. The van der Waals surface area contributed by atoms with Gasteiger partial charge in [-0.15, -0.1) is 11.8 Å². The molecule has 0 radical (unpaired) electrons. The van der Waals surface area contributed by atoms with Crippen molar-refractivity contribution in [3.63, 3.8) is 0 Å². The van der Waals surface area contributed by atoms with Crippen molar-refractivity contribution in [2.45, 2.75) is 43.0 Å². The summed E-state index contributed by atoms with van der Waals surface area (Å²) in [5, 5.41) is 12.0. The molecule has 7 heteroatoms. The van der Waals surface area contributed by atoms with E-state index in [1.165, 1.54) is 11.8 Å². The molecule has 2 amide bonds. The number of nitrogens with one attached hydrogen (secondary N) is 1. The number of thioether (sulfide) groups is 1. The molecule has 2 fully saturated rings. The van der Waals surface area contributed by atoms with Gasteiger partial charge in [-0.25, -0.2) is 0 Å². The Hall–Kier alpha value is -2.02. The Balaban J connectivity index is 1.58. The van der Waals surface area contributed by atoms with Crippen molar-refractivity contribution in [3.8, 4) is 0 Å². The number of aliphatic carboxylic acids is 1. The number of benzene rings is 1. The van der Waals surface area contributed by atoms with Crippen LogP contribution >= 0.6 is 11.8 Å². The highest BCUT2D eigenvalue weighted by atomic mass is 32.2. The van der Waals surface area contributed by atoms with Crippen molar-refractivity contribution in [3.05, 3.63) is 29.8 Å². The molecule has 0 unspecified atom stereocenters. The summed E-state index contributed by atoms with van der Waals surface area (Å²) in [4.78, 5) is 38.6. The average molecular weight is 376 g/mol. The molecular formula is C19H24N2O4S. The molecule has 3 rings (SSSR count). The largest absolute Gasteiger partial charge is 0.481 e. The predicted octanol–water partition coefficient (Wildman–Crippen LogP) is 2.38. The molecular weight excluding hydrogens is 352 g/mol. The summed E-state index contributed by atoms with van der Waals surface area (Å²) in [5.41, 5.74) is 0.547. The van der Waals surface area contributed by atoms with E-state index < -0.39 is 5.97 Å². The summed E-state index contributed by atoms with van der Waals surface area (Å²) < 4.78 is 0. The van der Waals surface area contributed by atoms with Crippen LogP contribution in [-0.2, 0) is 9.59 Å². The van der Waals surface area contributed by atoms with Crippen LogP contribution in [0.5, 0.6) is 0 Å². The van der Waals surface area contributed by atoms with Gasteiger partial charge in [-0.2, -0.15) is 0 Å². The number of hydrogen-bond acceptors (Lipinski definition) is 4. The lowest BCUT2D eigenvalue weighted by molar-refractivity contribution is -0.141. The van der Waals surface area contributed by atoms with Crippen LogP contribution in [0.1, 0.15) is 42.5 Å². The second-order valence-corrected chi connectivity index (χ2v) is 7.91. The molecule has 1 aromatic carbocycles. The van der Waals surface area contributed by atoms with Gasteiger partial charge < -0.3 is 15.3 Å². The molecule has 1 heterocycles. The van der Waals surface area contributed by atoms with Gasteiger partial charge in [0.1, 0.15) is 0 Å². The van der Waals surface area contributed by atoms with E-state index in [1.54, 1.807) is 12.1 Å². The minimum Gasteiger partial charge on any atom is -0.481 e. The summed E-state index contributed by atoms with van der Waals surface area (Å²) in [6.45, 7) is 1.65. The first kappa shape index (κ1) is 18.8. The molecule has 26 heavy (non-hydrogen) atoms. The third-order valence-corrected chi connectivity index (χ3v) is 6.12. The minimum atomic E-state index is -0.793. The van der Waals surface area contributed by atoms with Crippen molar-refractivity contribution in [2.75, 3.05) is 18.8 Å². The maximum Gasteiger partial charge on any atom is 0.306 e. The molecule has 6 nitrogen and oxygen atoms in total. The van der Waals surface area contributed by atoms with Crippen molar-refractivity contribution < 1.29 is 19.5 Å². The first-order valence-corrected chi connectivity index (χ1v) is 10.1. The Morgan fingerprint density at radius 2 is 1.88 bits per heavy atom. The molecule has 140 valence electrons. The SMILES string of the molecule is O=C(N[C@@H]1CC[C@H](C(=O)O)C1)c1ccccc1SCC(=O)N1CCCC1. The lowest BCUT2D eigenvalue weighted by Crippen LogP contribution is -2.33. The summed E-state index contributed by atoms with van der Waals surface area (Å²) in [6.07, 6.45) is 3.89. The molecule has 0 bridgehead atoms. The fourth-order valence-corrected chi connectivity index (χ4v) is 4.53.